The van der Waals surface area contributed by atoms with Gasteiger partial charge in [0.2, 0.25) is 0 Å². The Bertz CT molecular complexity index is 1790. The van der Waals surface area contributed by atoms with E-state index in [4.69, 9.17) is 32.0 Å². The van der Waals surface area contributed by atoms with Crippen LogP contribution < -0.4 is 15.4 Å². The van der Waals surface area contributed by atoms with Crippen LogP contribution in [0.4, 0.5) is 33.5 Å². The van der Waals surface area contributed by atoms with Gasteiger partial charge in [-0.2, -0.15) is 28.2 Å². The van der Waals surface area contributed by atoms with E-state index in [0.29, 0.717) is 55.2 Å². The van der Waals surface area contributed by atoms with Gasteiger partial charge in [0.15, 0.2) is 11.5 Å². The summed E-state index contributed by atoms with van der Waals surface area (Å²) < 4.78 is 80.2. The molecule has 3 atom stereocenters. The molecule has 4 aliphatic rings. The number of nitrogen functional groups attached to an aromatic ring is 1. The lowest BCUT2D eigenvalue weighted by molar-refractivity contribution is -0.138. The van der Waals surface area contributed by atoms with Crippen molar-refractivity contribution < 1.29 is 31.5 Å². The Labute approximate surface area is 289 Å². The number of benzene rings is 1. The molecule has 264 valence electrons. The maximum Gasteiger partial charge on any atom is 0.416 e. The van der Waals surface area contributed by atoms with Crippen LogP contribution in [0.1, 0.15) is 69.5 Å². The fourth-order valence-corrected chi connectivity index (χ4v) is 9.18. The van der Waals surface area contributed by atoms with Crippen LogP contribution in [0.25, 0.3) is 0 Å². The molecule has 1 amide bonds. The summed E-state index contributed by atoms with van der Waals surface area (Å²) in [4.78, 5) is 27.8. The molecule has 0 radical (unpaired) electrons. The second kappa shape index (κ2) is 12.7. The van der Waals surface area contributed by atoms with E-state index < -0.39 is 40.1 Å². The van der Waals surface area contributed by atoms with Crippen LogP contribution in [0.3, 0.4) is 0 Å². The maximum atomic E-state index is 15.4. The van der Waals surface area contributed by atoms with Crippen LogP contribution in [0.15, 0.2) is 12.1 Å². The summed E-state index contributed by atoms with van der Waals surface area (Å²) in [6, 6.07) is 1.76. The van der Waals surface area contributed by atoms with Gasteiger partial charge in [0, 0.05) is 68.7 Å². The molecule has 0 spiro atoms. The molecule has 2 aromatic heterocycles. The highest BCUT2D eigenvalue weighted by Crippen LogP contribution is 2.49. The third kappa shape index (κ3) is 6.17. The molecule has 4 aliphatic heterocycles. The summed E-state index contributed by atoms with van der Waals surface area (Å²) in [7, 11) is 3.23. The van der Waals surface area contributed by atoms with Gasteiger partial charge in [-0.25, -0.2) is 8.78 Å². The van der Waals surface area contributed by atoms with E-state index in [0.717, 1.165) is 43.3 Å². The predicted molar refractivity (Wildman–Crippen MR) is 175 cm³/mol. The minimum atomic E-state index is -4.79. The van der Waals surface area contributed by atoms with Crippen LogP contribution in [-0.2, 0) is 31.4 Å². The smallest absolute Gasteiger partial charge is 0.416 e. The zero-order valence-electron chi connectivity index (χ0n) is 27.0. The van der Waals surface area contributed by atoms with Crippen molar-refractivity contribution in [3.8, 4) is 6.01 Å². The summed E-state index contributed by atoms with van der Waals surface area (Å²) in [5.41, 5.74) is 5.21. The number of ether oxygens (including phenoxy) is 1. The molecule has 17 heteroatoms. The molecule has 10 nitrogen and oxygen atoms in total. The quantitative estimate of drug-likeness (QED) is 0.254. The summed E-state index contributed by atoms with van der Waals surface area (Å²) in [6.07, 6.45) is -3.15. The fraction of sp³-hybridized carbons (Fsp3) is 0.562. The van der Waals surface area contributed by atoms with Crippen molar-refractivity contribution in [2.24, 2.45) is 0 Å². The Morgan fingerprint density at radius 2 is 2.00 bits per heavy atom. The van der Waals surface area contributed by atoms with Gasteiger partial charge in [-0.15, -0.1) is 11.8 Å². The summed E-state index contributed by atoms with van der Waals surface area (Å²) in [5.74, 6) is -0.723. The molecular formula is C32H36ClF5N8O2S. The maximum absolute atomic E-state index is 15.4. The lowest BCUT2D eigenvalue weighted by atomic mass is 9.95. The fourth-order valence-electron chi connectivity index (χ4n) is 7.57. The number of anilines is 2. The number of nitrogens with zero attached hydrogens (tertiary/aromatic N) is 7. The molecule has 0 aliphatic carbocycles. The highest BCUT2D eigenvalue weighted by Gasteiger charge is 2.49. The molecule has 0 unspecified atom stereocenters. The molecule has 0 bridgehead atoms. The van der Waals surface area contributed by atoms with Gasteiger partial charge in [0.25, 0.3) is 5.91 Å². The van der Waals surface area contributed by atoms with E-state index >= 15 is 4.39 Å². The third-order valence-electron chi connectivity index (χ3n) is 9.97. The van der Waals surface area contributed by atoms with Gasteiger partial charge in [-0.1, -0.05) is 11.6 Å². The van der Waals surface area contributed by atoms with Crippen molar-refractivity contribution in [2.75, 3.05) is 51.0 Å². The average Bonchev–Trinajstić information content (AvgIpc) is 3.62. The van der Waals surface area contributed by atoms with Crippen molar-refractivity contribution in [1.29, 1.82) is 0 Å². The normalized spacial score (nSPS) is 24.0. The molecule has 3 aromatic rings. The minimum Gasteiger partial charge on any atom is -0.461 e. The van der Waals surface area contributed by atoms with Crippen LogP contribution in [-0.4, -0.2) is 87.5 Å². The monoisotopic (exact) mass is 726 g/mol. The molecule has 1 aromatic carbocycles. The van der Waals surface area contributed by atoms with Crippen molar-refractivity contribution >= 4 is 40.8 Å². The van der Waals surface area contributed by atoms with E-state index in [2.05, 4.69) is 10.00 Å². The van der Waals surface area contributed by atoms with E-state index in [1.807, 2.05) is 4.90 Å². The lowest BCUT2D eigenvalue weighted by Gasteiger charge is -2.33. The zero-order chi connectivity index (χ0) is 34.8. The molecule has 2 fully saturated rings. The standard InChI is InChI=1S/C32H36ClF5N8O2S/c1-43(2)29(47)27-25(33)22-14-44(8-4-10-46(22)42-27)28-18-15-49-23(24-19(32(36,37)38)5-6-20(39)26(24)35)11-21(18)40-30(41-28)48-16-31-7-3-9-45(31)13-17(34)12-31/h5-6,17,23H,3-4,7-16,39H2,1-2H3/t17-,23+,31+/m1/s1. The summed E-state index contributed by atoms with van der Waals surface area (Å²) >= 11 is 7.90. The molecule has 2 saturated heterocycles. The minimum absolute atomic E-state index is 0.0133. The highest BCUT2D eigenvalue weighted by atomic mass is 35.5. The predicted octanol–water partition coefficient (Wildman–Crippen LogP) is 5.66. The Kier molecular flexibility index (Phi) is 8.87. The zero-order valence-corrected chi connectivity index (χ0v) is 28.6. The van der Waals surface area contributed by atoms with Crippen LogP contribution in [0, 0.1) is 5.82 Å². The average molecular weight is 727 g/mol. The second-order valence-electron chi connectivity index (χ2n) is 13.4. The first-order chi connectivity index (χ1) is 23.3. The Hall–Kier alpha value is -3.37. The van der Waals surface area contributed by atoms with Gasteiger partial charge in [-0.05, 0) is 37.9 Å². The van der Waals surface area contributed by atoms with E-state index in [1.54, 1.807) is 18.8 Å². The number of thioether (sulfide) groups is 1. The number of halogens is 6. The van der Waals surface area contributed by atoms with Crippen LogP contribution in [0.5, 0.6) is 6.01 Å². The number of hydrogen-bond acceptors (Lipinski definition) is 9. The number of carbonyl (C=O) groups is 1. The number of carbonyl (C=O) groups excluding carboxylic acids is 1. The van der Waals surface area contributed by atoms with Gasteiger partial charge in [0.05, 0.1) is 39.7 Å². The van der Waals surface area contributed by atoms with Gasteiger partial charge < -0.3 is 20.3 Å². The topological polar surface area (TPSA) is 106 Å². The molecular weight excluding hydrogens is 691 g/mol. The lowest BCUT2D eigenvalue weighted by Crippen LogP contribution is -2.43. The van der Waals surface area contributed by atoms with Gasteiger partial charge >= 0.3 is 12.2 Å². The number of alkyl halides is 4. The van der Waals surface area contributed by atoms with E-state index in [9.17, 15) is 22.4 Å². The number of fused-ring (bicyclic) bond motifs is 3. The SMILES string of the molecule is CN(C)C(=O)c1nn2c(c1Cl)CN(c1nc(OC[C@@]34CCCN3C[C@H](F)C4)nc3c1CS[C@H](c1c(C(F)(F)F)ccc(N)c1F)C3)CCC2. The molecule has 0 saturated carbocycles. The highest BCUT2D eigenvalue weighted by molar-refractivity contribution is 7.98. The molecule has 6 heterocycles. The van der Waals surface area contributed by atoms with E-state index in [1.165, 1.54) is 4.90 Å². The molecule has 2 N–H and O–H groups in total. The Balaban J connectivity index is 1.27. The van der Waals surface area contributed by atoms with Gasteiger partial charge in [0.1, 0.15) is 18.6 Å². The number of amides is 1. The van der Waals surface area contributed by atoms with Crippen LogP contribution >= 0.6 is 23.4 Å². The Morgan fingerprint density at radius 3 is 2.76 bits per heavy atom. The summed E-state index contributed by atoms with van der Waals surface area (Å²) in [6.45, 7) is 2.53. The summed E-state index contributed by atoms with van der Waals surface area (Å²) in [5, 5.41) is 3.79. The van der Waals surface area contributed by atoms with Crippen LogP contribution in [0.2, 0.25) is 5.02 Å². The first kappa shape index (κ1) is 34.1. The second-order valence-corrected chi connectivity index (χ2v) is 14.9. The first-order valence-corrected chi connectivity index (χ1v) is 17.6. The van der Waals surface area contributed by atoms with Gasteiger partial charge in [-0.3, -0.25) is 14.4 Å². The van der Waals surface area contributed by atoms with E-state index in [-0.39, 0.29) is 53.6 Å². The van der Waals surface area contributed by atoms with Crippen molar-refractivity contribution in [1.82, 2.24) is 29.5 Å². The van der Waals surface area contributed by atoms with Crippen molar-refractivity contribution in [3.63, 3.8) is 0 Å². The van der Waals surface area contributed by atoms with Crippen molar-refractivity contribution in [2.45, 2.75) is 74.1 Å². The molecule has 7 rings (SSSR count). The number of aromatic nitrogens is 4. The Morgan fingerprint density at radius 1 is 1.20 bits per heavy atom. The number of hydrogen-bond donors (Lipinski definition) is 1. The number of nitrogens with two attached hydrogens (primary N) is 1. The largest absolute Gasteiger partial charge is 0.461 e. The molecule has 49 heavy (non-hydrogen) atoms. The first-order valence-electron chi connectivity index (χ1n) is 16.2. The van der Waals surface area contributed by atoms with Crippen molar-refractivity contribution in [3.05, 3.63) is 56.7 Å². The third-order valence-corrected chi connectivity index (χ3v) is 11.6. The number of aryl methyl sites for hydroxylation is 1. The number of rotatable bonds is 6.